The molecule has 0 radical (unpaired) electrons. The molecule has 94 valence electrons. The Hall–Kier alpha value is -0.620. The largest absolute Gasteiger partial charge is 0.353 e. The molecular weight excluding hydrogens is 228 g/mol. The smallest absolute Gasteiger partial charge is 0.240 e. The molecule has 0 aromatic heterocycles. The van der Waals surface area contributed by atoms with Crippen molar-refractivity contribution in [1.29, 1.82) is 0 Å². The molecule has 0 atom stereocenters. The Labute approximate surface area is 96.7 Å². The fourth-order valence-corrected chi connectivity index (χ4v) is 1.85. The van der Waals surface area contributed by atoms with Crippen molar-refractivity contribution in [2.24, 2.45) is 5.73 Å². The minimum absolute atomic E-state index is 0.330. The van der Waals surface area contributed by atoms with E-state index in [9.17, 15) is 13.2 Å². The lowest BCUT2D eigenvalue weighted by Gasteiger charge is -2.38. The fraction of sp³-hybridized carbons (Fsp3) is 0.900. The first kappa shape index (κ1) is 13.4. The number of hydrogen-bond acceptors (Lipinski definition) is 4. The predicted molar refractivity (Wildman–Crippen MR) is 62.7 cm³/mol. The van der Waals surface area contributed by atoms with Crippen molar-refractivity contribution >= 4 is 15.7 Å². The van der Waals surface area contributed by atoms with Crippen LogP contribution in [0.25, 0.3) is 0 Å². The van der Waals surface area contributed by atoms with Gasteiger partial charge in [-0.05, 0) is 33.1 Å². The number of sulfone groups is 1. The quantitative estimate of drug-likeness (QED) is 0.721. The molecule has 0 aliphatic heterocycles. The van der Waals surface area contributed by atoms with Crippen LogP contribution in [-0.4, -0.2) is 37.4 Å². The Morgan fingerprint density at radius 2 is 1.94 bits per heavy atom. The van der Waals surface area contributed by atoms with E-state index in [1.165, 1.54) is 13.8 Å². The zero-order valence-corrected chi connectivity index (χ0v) is 10.9. The van der Waals surface area contributed by atoms with Crippen molar-refractivity contribution in [1.82, 2.24) is 5.32 Å². The molecule has 0 aromatic carbocycles. The number of amides is 1. The Balaban J connectivity index is 2.59. The summed E-state index contributed by atoms with van der Waals surface area (Å²) in [6.45, 7) is 3.16. The van der Waals surface area contributed by atoms with Gasteiger partial charge in [0.05, 0.1) is 0 Å². The van der Waals surface area contributed by atoms with Gasteiger partial charge in [-0.15, -0.1) is 0 Å². The van der Waals surface area contributed by atoms with Crippen LogP contribution in [0.5, 0.6) is 0 Å². The summed E-state index contributed by atoms with van der Waals surface area (Å²) < 4.78 is 21.4. The van der Waals surface area contributed by atoms with Crippen LogP contribution in [0.1, 0.15) is 33.1 Å². The highest BCUT2D eigenvalue weighted by atomic mass is 32.2. The van der Waals surface area contributed by atoms with E-state index in [0.717, 1.165) is 25.5 Å². The topological polar surface area (TPSA) is 89.3 Å². The van der Waals surface area contributed by atoms with E-state index in [1.807, 2.05) is 0 Å². The zero-order valence-electron chi connectivity index (χ0n) is 10.0. The normalized spacial score (nSPS) is 20.0. The molecule has 0 spiro atoms. The lowest BCUT2D eigenvalue weighted by molar-refractivity contribution is -0.123. The van der Waals surface area contributed by atoms with E-state index in [2.05, 4.69) is 5.32 Å². The van der Waals surface area contributed by atoms with E-state index in [0.29, 0.717) is 6.54 Å². The van der Waals surface area contributed by atoms with Gasteiger partial charge >= 0.3 is 0 Å². The van der Waals surface area contributed by atoms with Crippen molar-refractivity contribution in [2.75, 3.05) is 12.8 Å². The van der Waals surface area contributed by atoms with E-state index in [4.69, 9.17) is 5.73 Å². The second-order valence-corrected chi connectivity index (χ2v) is 7.75. The average molecular weight is 248 g/mol. The molecule has 0 aromatic rings. The molecule has 16 heavy (non-hydrogen) atoms. The number of carbonyl (C=O) groups excluding carboxylic acids is 1. The number of nitrogens with one attached hydrogen (secondary N) is 1. The third-order valence-electron chi connectivity index (χ3n) is 3.42. The summed E-state index contributed by atoms with van der Waals surface area (Å²) in [7, 11) is -3.41. The Morgan fingerprint density at radius 1 is 1.44 bits per heavy atom. The van der Waals surface area contributed by atoms with Crippen molar-refractivity contribution in [3.63, 3.8) is 0 Å². The van der Waals surface area contributed by atoms with E-state index in [1.54, 1.807) is 0 Å². The molecule has 3 N–H and O–H groups in total. The van der Waals surface area contributed by atoms with Gasteiger partial charge in [-0.25, -0.2) is 8.42 Å². The minimum Gasteiger partial charge on any atom is -0.353 e. The second kappa shape index (κ2) is 4.00. The fourth-order valence-electron chi connectivity index (χ4n) is 1.45. The molecular formula is C10H20N2O3S. The van der Waals surface area contributed by atoms with Gasteiger partial charge in [0, 0.05) is 18.3 Å². The molecule has 5 nitrogen and oxygen atoms in total. The Kier molecular flexibility index (Phi) is 3.36. The van der Waals surface area contributed by atoms with Crippen LogP contribution < -0.4 is 11.1 Å². The van der Waals surface area contributed by atoms with Crippen LogP contribution >= 0.6 is 0 Å². The first-order chi connectivity index (χ1) is 7.08. The third-order valence-corrected chi connectivity index (χ3v) is 5.46. The van der Waals surface area contributed by atoms with Gasteiger partial charge in [0.25, 0.3) is 0 Å². The number of hydrogen-bond donors (Lipinski definition) is 2. The maximum absolute atomic E-state index is 11.8. The van der Waals surface area contributed by atoms with Crippen molar-refractivity contribution in [3.05, 3.63) is 0 Å². The van der Waals surface area contributed by atoms with E-state index >= 15 is 0 Å². The van der Waals surface area contributed by atoms with Gasteiger partial charge in [0.2, 0.25) is 5.91 Å². The van der Waals surface area contributed by atoms with Gasteiger partial charge in [0.1, 0.15) is 4.75 Å². The molecule has 1 rings (SSSR count). The molecule has 0 bridgehead atoms. The Morgan fingerprint density at radius 3 is 2.25 bits per heavy atom. The number of carbonyl (C=O) groups is 1. The molecule has 0 saturated heterocycles. The summed E-state index contributed by atoms with van der Waals surface area (Å²) in [5.41, 5.74) is 5.61. The van der Waals surface area contributed by atoms with E-state index in [-0.39, 0.29) is 5.54 Å². The molecule has 0 unspecified atom stereocenters. The highest BCUT2D eigenvalue weighted by Crippen LogP contribution is 2.28. The summed E-state index contributed by atoms with van der Waals surface area (Å²) >= 11 is 0. The summed E-state index contributed by atoms with van der Waals surface area (Å²) in [4.78, 5) is 11.8. The predicted octanol–water partition coefficient (Wildman–Crippen LogP) is -0.193. The third kappa shape index (κ3) is 2.55. The Bertz CT molecular complexity index is 383. The standard InChI is InChI=1S/C10H20N2O3S/c1-9(2,16(3,14)15)8(13)12-7-10(11)5-4-6-10/h4-7,11H2,1-3H3,(H,12,13). The lowest BCUT2D eigenvalue weighted by atomic mass is 9.78. The van der Waals surface area contributed by atoms with Gasteiger partial charge in [-0.2, -0.15) is 0 Å². The second-order valence-electron chi connectivity index (χ2n) is 5.18. The summed E-state index contributed by atoms with van der Waals surface area (Å²) in [5.74, 6) is -0.480. The highest BCUT2D eigenvalue weighted by Gasteiger charge is 2.40. The SMILES string of the molecule is CC(C)(C(=O)NCC1(N)CCC1)S(C)(=O)=O. The van der Waals surface area contributed by atoms with Crippen LogP contribution in [0.3, 0.4) is 0 Å². The highest BCUT2D eigenvalue weighted by molar-refractivity contribution is 7.92. The first-order valence-electron chi connectivity index (χ1n) is 5.35. The van der Waals surface area contributed by atoms with Crippen LogP contribution in [-0.2, 0) is 14.6 Å². The maximum atomic E-state index is 11.8. The van der Waals surface area contributed by atoms with E-state index < -0.39 is 20.5 Å². The zero-order chi connectivity index (χ0) is 12.6. The summed E-state index contributed by atoms with van der Waals surface area (Å²) in [5, 5.41) is 2.63. The summed E-state index contributed by atoms with van der Waals surface area (Å²) in [6.07, 6.45) is 3.90. The van der Waals surface area contributed by atoms with Crippen LogP contribution in [0.4, 0.5) is 0 Å². The monoisotopic (exact) mass is 248 g/mol. The van der Waals surface area contributed by atoms with Crippen LogP contribution in [0.2, 0.25) is 0 Å². The molecule has 1 amide bonds. The van der Waals surface area contributed by atoms with Gasteiger partial charge < -0.3 is 11.1 Å². The molecule has 6 heteroatoms. The maximum Gasteiger partial charge on any atom is 0.240 e. The van der Waals surface area contributed by atoms with Crippen molar-refractivity contribution < 1.29 is 13.2 Å². The van der Waals surface area contributed by atoms with Crippen LogP contribution in [0.15, 0.2) is 0 Å². The number of nitrogens with two attached hydrogens (primary N) is 1. The molecule has 0 heterocycles. The van der Waals surface area contributed by atoms with Gasteiger partial charge in [-0.1, -0.05) is 0 Å². The average Bonchev–Trinajstić information content (AvgIpc) is 2.09. The molecule has 1 saturated carbocycles. The first-order valence-corrected chi connectivity index (χ1v) is 7.24. The van der Waals surface area contributed by atoms with Gasteiger partial charge in [-0.3, -0.25) is 4.79 Å². The van der Waals surface area contributed by atoms with Gasteiger partial charge in [0.15, 0.2) is 9.84 Å². The van der Waals surface area contributed by atoms with Crippen molar-refractivity contribution in [3.8, 4) is 0 Å². The minimum atomic E-state index is -3.41. The summed E-state index contributed by atoms with van der Waals surface area (Å²) in [6, 6.07) is 0. The lowest BCUT2D eigenvalue weighted by Crippen LogP contribution is -2.58. The molecule has 1 fully saturated rings. The van der Waals surface area contributed by atoms with Crippen molar-refractivity contribution in [2.45, 2.75) is 43.4 Å². The molecule has 1 aliphatic rings. The van der Waals surface area contributed by atoms with Crippen LogP contribution in [0, 0.1) is 0 Å². The molecule has 1 aliphatic carbocycles. The number of rotatable bonds is 4.